The zero-order valence-electron chi connectivity index (χ0n) is 16.6. The summed E-state index contributed by atoms with van der Waals surface area (Å²) < 4.78 is 5.34. The quantitative estimate of drug-likeness (QED) is 0.654. The van der Waals surface area contributed by atoms with Gasteiger partial charge in [0, 0.05) is 32.0 Å². The molecule has 0 atom stereocenters. The molecule has 2 amide bonds. The summed E-state index contributed by atoms with van der Waals surface area (Å²) in [7, 11) is 0. The molecule has 1 aliphatic heterocycles. The number of carbonyl (C=O) groups is 2. The second-order valence-corrected chi connectivity index (χ2v) is 7.21. The standard InChI is InChI=1S/C24H23N3O3/c28-23-17-27(24(29)30-18-20-4-2-1-3-5-20)15-14-26(23)16-19-6-8-21(9-7-19)22-10-12-25-13-11-22/h1-13H,14-18H2. The first-order valence-electron chi connectivity index (χ1n) is 9.92. The molecule has 6 nitrogen and oxygen atoms in total. The van der Waals surface area contributed by atoms with Crippen molar-refractivity contribution in [1.82, 2.24) is 14.8 Å². The molecule has 0 saturated carbocycles. The van der Waals surface area contributed by atoms with E-state index in [-0.39, 0.29) is 19.1 Å². The molecule has 1 saturated heterocycles. The average molecular weight is 401 g/mol. The van der Waals surface area contributed by atoms with Crippen LogP contribution in [0.25, 0.3) is 11.1 Å². The van der Waals surface area contributed by atoms with Gasteiger partial charge < -0.3 is 9.64 Å². The van der Waals surface area contributed by atoms with Crippen LogP contribution in [0, 0.1) is 0 Å². The third kappa shape index (κ3) is 4.84. The van der Waals surface area contributed by atoms with E-state index in [9.17, 15) is 9.59 Å². The minimum absolute atomic E-state index is 0.0444. The van der Waals surface area contributed by atoms with Gasteiger partial charge in [0.2, 0.25) is 5.91 Å². The van der Waals surface area contributed by atoms with Gasteiger partial charge in [0.1, 0.15) is 13.2 Å². The third-order valence-electron chi connectivity index (χ3n) is 5.12. The van der Waals surface area contributed by atoms with Crippen LogP contribution in [0.3, 0.4) is 0 Å². The molecule has 3 aromatic rings. The first-order valence-corrected chi connectivity index (χ1v) is 9.92. The smallest absolute Gasteiger partial charge is 0.410 e. The summed E-state index contributed by atoms with van der Waals surface area (Å²) in [6, 6.07) is 21.6. The van der Waals surface area contributed by atoms with Gasteiger partial charge in [0.05, 0.1) is 0 Å². The van der Waals surface area contributed by atoms with Crippen molar-refractivity contribution in [3.8, 4) is 11.1 Å². The summed E-state index contributed by atoms with van der Waals surface area (Å²) in [5.74, 6) is -0.0730. The number of benzene rings is 2. The maximum atomic E-state index is 12.5. The molecule has 0 N–H and O–H groups in total. The number of hydrogen-bond acceptors (Lipinski definition) is 4. The Kier molecular flexibility index (Phi) is 6.03. The summed E-state index contributed by atoms with van der Waals surface area (Å²) in [5.41, 5.74) is 4.20. The Hall–Kier alpha value is -3.67. The van der Waals surface area contributed by atoms with Crippen LogP contribution < -0.4 is 0 Å². The number of amides is 2. The van der Waals surface area contributed by atoms with E-state index in [0.29, 0.717) is 19.6 Å². The average Bonchev–Trinajstić information content (AvgIpc) is 2.80. The molecule has 2 heterocycles. The Morgan fingerprint density at radius 2 is 1.57 bits per heavy atom. The largest absolute Gasteiger partial charge is 0.445 e. The van der Waals surface area contributed by atoms with Crippen LogP contribution in [-0.4, -0.2) is 46.4 Å². The van der Waals surface area contributed by atoms with Gasteiger partial charge in [0.15, 0.2) is 0 Å². The van der Waals surface area contributed by atoms with Gasteiger partial charge in [-0.15, -0.1) is 0 Å². The molecule has 4 rings (SSSR count). The zero-order chi connectivity index (χ0) is 20.8. The summed E-state index contributed by atoms with van der Waals surface area (Å²) in [6.45, 7) is 1.74. The van der Waals surface area contributed by atoms with E-state index in [1.54, 1.807) is 17.3 Å². The molecule has 152 valence electrons. The lowest BCUT2D eigenvalue weighted by atomic mass is 10.0. The maximum Gasteiger partial charge on any atom is 0.410 e. The molecular weight excluding hydrogens is 378 g/mol. The van der Waals surface area contributed by atoms with Crippen molar-refractivity contribution >= 4 is 12.0 Å². The summed E-state index contributed by atoms with van der Waals surface area (Å²) in [5, 5.41) is 0. The highest BCUT2D eigenvalue weighted by molar-refractivity contribution is 5.83. The van der Waals surface area contributed by atoms with Crippen molar-refractivity contribution in [1.29, 1.82) is 0 Å². The van der Waals surface area contributed by atoms with Crippen molar-refractivity contribution in [3.63, 3.8) is 0 Å². The van der Waals surface area contributed by atoms with Gasteiger partial charge in [-0.25, -0.2) is 4.79 Å². The van der Waals surface area contributed by atoms with E-state index in [4.69, 9.17) is 4.74 Å². The molecule has 0 unspecified atom stereocenters. The Morgan fingerprint density at radius 1 is 0.867 bits per heavy atom. The lowest BCUT2D eigenvalue weighted by Crippen LogP contribution is -2.51. The van der Waals surface area contributed by atoms with Crippen molar-refractivity contribution in [2.75, 3.05) is 19.6 Å². The van der Waals surface area contributed by atoms with Gasteiger partial charge in [-0.1, -0.05) is 54.6 Å². The zero-order valence-corrected chi connectivity index (χ0v) is 16.6. The maximum absolute atomic E-state index is 12.5. The van der Waals surface area contributed by atoms with E-state index in [0.717, 1.165) is 22.3 Å². The van der Waals surface area contributed by atoms with Gasteiger partial charge in [-0.2, -0.15) is 0 Å². The van der Waals surface area contributed by atoms with Crippen molar-refractivity contribution in [2.45, 2.75) is 13.2 Å². The molecule has 1 aliphatic rings. The van der Waals surface area contributed by atoms with Crippen molar-refractivity contribution < 1.29 is 14.3 Å². The molecule has 0 radical (unpaired) electrons. The number of rotatable bonds is 5. The number of pyridine rings is 1. The summed E-state index contributed by atoms with van der Waals surface area (Å²) in [4.78, 5) is 32.1. The second kappa shape index (κ2) is 9.22. The molecule has 0 spiro atoms. The van der Waals surface area contributed by atoms with Crippen LogP contribution in [0.1, 0.15) is 11.1 Å². The van der Waals surface area contributed by atoms with Gasteiger partial charge in [0.25, 0.3) is 0 Å². The van der Waals surface area contributed by atoms with Crippen LogP contribution in [-0.2, 0) is 22.7 Å². The van der Waals surface area contributed by atoms with Gasteiger partial charge in [-0.3, -0.25) is 14.7 Å². The molecule has 1 fully saturated rings. The highest BCUT2D eigenvalue weighted by atomic mass is 16.6. The third-order valence-corrected chi connectivity index (χ3v) is 5.12. The van der Waals surface area contributed by atoms with E-state index in [2.05, 4.69) is 4.98 Å². The first-order chi connectivity index (χ1) is 14.7. The van der Waals surface area contributed by atoms with E-state index in [1.165, 1.54) is 4.90 Å². The Labute approximate surface area is 175 Å². The number of aromatic nitrogens is 1. The molecule has 0 bridgehead atoms. The van der Waals surface area contributed by atoms with E-state index >= 15 is 0 Å². The fourth-order valence-corrected chi connectivity index (χ4v) is 3.41. The molecule has 2 aromatic carbocycles. The van der Waals surface area contributed by atoms with Crippen LogP contribution in [0.5, 0.6) is 0 Å². The number of hydrogen-bond donors (Lipinski definition) is 0. The van der Waals surface area contributed by atoms with Crippen LogP contribution in [0.15, 0.2) is 79.1 Å². The topological polar surface area (TPSA) is 62.7 Å². The fourth-order valence-electron chi connectivity index (χ4n) is 3.41. The van der Waals surface area contributed by atoms with Crippen molar-refractivity contribution in [3.05, 3.63) is 90.3 Å². The minimum Gasteiger partial charge on any atom is -0.445 e. The first kappa shape index (κ1) is 19.6. The van der Waals surface area contributed by atoms with Crippen molar-refractivity contribution in [2.24, 2.45) is 0 Å². The number of nitrogens with zero attached hydrogens (tertiary/aromatic N) is 3. The molecule has 30 heavy (non-hydrogen) atoms. The number of piperazine rings is 1. The molecule has 0 aliphatic carbocycles. The van der Waals surface area contributed by atoms with E-state index < -0.39 is 6.09 Å². The Balaban J connectivity index is 1.29. The molecular formula is C24H23N3O3. The van der Waals surface area contributed by atoms with Gasteiger partial charge >= 0.3 is 6.09 Å². The Morgan fingerprint density at radius 3 is 2.27 bits per heavy atom. The number of ether oxygens (including phenoxy) is 1. The SMILES string of the molecule is O=C1CN(C(=O)OCc2ccccc2)CCN1Cc1ccc(-c2ccncc2)cc1. The molecule has 1 aromatic heterocycles. The lowest BCUT2D eigenvalue weighted by Gasteiger charge is -2.33. The predicted molar refractivity (Wildman–Crippen MR) is 113 cm³/mol. The normalized spacial score (nSPS) is 13.9. The monoisotopic (exact) mass is 401 g/mol. The fraction of sp³-hybridized carbons (Fsp3) is 0.208. The second-order valence-electron chi connectivity index (χ2n) is 7.21. The predicted octanol–water partition coefficient (Wildman–Crippen LogP) is 3.73. The highest BCUT2D eigenvalue weighted by Gasteiger charge is 2.28. The number of carbonyl (C=O) groups excluding carboxylic acids is 2. The van der Waals surface area contributed by atoms with E-state index in [1.807, 2.05) is 66.7 Å². The van der Waals surface area contributed by atoms with Crippen LogP contribution >= 0.6 is 0 Å². The Bertz CT molecular complexity index is 991. The van der Waals surface area contributed by atoms with Crippen LogP contribution in [0.2, 0.25) is 0 Å². The summed E-state index contributed by atoms with van der Waals surface area (Å²) in [6.07, 6.45) is 3.09. The minimum atomic E-state index is -0.450. The molecule has 6 heteroatoms. The van der Waals surface area contributed by atoms with Gasteiger partial charge in [-0.05, 0) is 34.4 Å². The highest BCUT2D eigenvalue weighted by Crippen LogP contribution is 2.20. The lowest BCUT2D eigenvalue weighted by molar-refractivity contribution is -0.136. The summed E-state index contributed by atoms with van der Waals surface area (Å²) >= 11 is 0. The van der Waals surface area contributed by atoms with Crippen LogP contribution in [0.4, 0.5) is 4.79 Å².